The Morgan fingerprint density at radius 1 is 1.30 bits per heavy atom. The second-order valence-electron chi connectivity index (χ2n) is 4.05. The molecule has 1 aliphatic rings. The molecule has 0 N–H and O–H groups in total. The minimum absolute atomic E-state index is 0.402. The molecule has 0 aliphatic carbocycles. The largest absolute Gasteiger partial charge is 0.268 e. The first-order chi connectivity index (χ1) is 4.50. The molecule has 2 heteroatoms. The molecule has 0 aromatic rings. The molecule has 0 saturated carbocycles. The van der Waals surface area contributed by atoms with Gasteiger partial charge in [0.25, 0.3) is 0 Å². The van der Waals surface area contributed by atoms with E-state index in [0.29, 0.717) is 0 Å². The van der Waals surface area contributed by atoms with Crippen LogP contribution in [0.25, 0.3) is 0 Å². The molecule has 0 aromatic heterocycles. The summed E-state index contributed by atoms with van der Waals surface area (Å²) in [6.45, 7) is 5.02. The van der Waals surface area contributed by atoms with Crippen LogP contribution in [0, 0.1) is 5.92 Å². The smallest absolute Gasteiger partial charge is 0.01000 e. The van der Waals surface area contributed by atoms with Gasteiger partial charge in [0, 0.05) is 13.1 Å². The fraction of sp³-hybridized carbons (Fsp3) is 1.00. The van der Waals surface area contributed by atoms with Gasteiger partial charge in [-0.3, -0.25) is 4.31 Å². The van der Waals surface area contributed by atoms with Crippen molar-refractivity contribution in [3.63, 3.8) is 0 Å². The molecule has 0 aromatic carbocycles. The summed E-state index contributed by atoms with van der Waals surface area (Å²) in [6.07, 6.45) is 8.55. The van der Waals surface area contributed by atoms with Gasteiger partial charge in [0.1, 0.15) is 0 Å². The fourth-order valence-corrected chi connectivity index (χ4v) is 2.75. The summed E-state index contributed by atoms with van der Waals surface area (Å²) in [7, 11) is -0.402. The van der Waals surface area contributed by atoms with Crippen LogP contribution >= 0.6 is 10.2 Å². The van der Waals surface area contributed by atoms with Crippen molar-refractivity contribution in [2.24, 2.45) is 5.92 Å². The van der Waals surface area contributed by atoms with Crippen LogP contribution in [0.3, 0.4) is 0 Å². The highest BCUT2D eigenvalue weighted by Crippen LogP contribution is 2.43. The summed E-state index contributed by atoms with van der Waals surface area (Å²) < 4.78 is 2.65. The molecule has 1 unspecified atom stereocenters. The maximum atomic E-state index is 2.65. The number of hydrogen-bond acceptors (Lipinski definition) is 1. The lowest BCUT2D eigenvalue weighted by atomic mass is 10.2. The van der Waals surface area contributed by atoms with Crippen LogP contribution < -0.4 is 0 Å². The Bertz CT molecular complexity index is 117. The highest BCUT2D eigenvalue weighted by Gasteiger charge is 2.24. The van der Waals surface area contributed by atoms with Gasteiger partial charge in [-0.15, -0.1) is 0 Å². The Kier molecular flexibility index (Phi) is 2.31. The molecule has 1 rings (SSSR count). The van der Waals surface area contributed by atoms with E-state index in [-0.39, 0.29) is 0 Å². The van der Waals surface area contributed by atoms with E-state index in [0.717, 1.165) is 5.92 Å². The lowest BCUT2D eigenvalue weighted by molar-refractivity contribution is 0.540. The van der Waals surface area contributed by atoms with Crippen LogP contribution in [0.5, 0.6) is 0 Å². The molecule has 0 spiro atoms. The van der Waals surface area contributed by atoms with Gasteiger partial charge in [0.2, 0.25) is 0 Å². The summed E-state index contributed by atoms with van der Waals surface area (Å²) in [4.78, 5) is 0. The standard InChI is InChI=1S/C8H19NS/c1-8-5-6-9(7-8)10(2,3)4/h8H,5-7H2,1-4H3. The van der Waals surface area contributed by atoms with Crippen LogP contribution in [0.2, 0.25) is 0 Å². The number of nitrogens with zero attached hydrogens (tertiary/aromatic N) is 1. The van der Waals surface area contributed by atoms with E-state index in [4.69, 9.17) is 0 Å². The Labute approximate surface area is 66.2 Å². The first-order valence-electron chi connectivity index (χ1n) is 3.93. The quantitative estimate of drug-likeness (QED) is 0.568. The van der Waals surface area contributed by atoms with Crippen LogP contribution in [-0.4, -0.2) is 36.2 Å². The second-order valence-corrected chi connectivity index (χ2v) is 8.12. The lowest BCUT2D eigenvalue weighted by Gasteiger charge is -2.37. The minimum Gasteiger partial charge on any atom is -0.268 e. The Morgan fingerprint density at radius 2 is 1.90 bits per heavy atom. The van der Waals surface area contributed by atoms with Crippen molar-refractivity contribution in [3.05, 3.63) is 0 Å². The number of rotatable bonds is 1. The van der Waals surface area contributed by atoms with E-state index in [2.05, 4.69) is 30.0 Å². The average molecular weight is 161 g/mol. The van der Waals surface area contributed by atoms with Crippen molar-refractivity contribution in [3.8, 4) is 0 Å². The van der Waals surface area contributed by atoms with E-state index in [1.165, 1.54) is 19.5 Å². The predicted molar refractivity (Wildman–Crippen MR) is 50.7 cm³/mol. The molecule has 10 heavy (non-hydrogen) atoms. The molecule has 1 saturated heterocycles. The molecule has 1 aliphatic heterocycles. The highest BCUT2D eigenvalue weighted by molar-refractivity contribution is 8.30. The zero-order valence-electron chi connectivity index (χ0n) is 7.55. The van der Waals surface area contributed by atoms with E-state index < -0.39 is 10.2 Å². The van der Waals surface area contributed by atoms with Crippen LogP contribution in [0.15, 0.2) is 0 Å². The van der Waals surface area contributed by atoms with Crippen LogP contribution in [0.1, 0.15) is 13.3 Å². The van der Waals surface area contributed by atoms with E-state index in [1.54, 1.807) is 0 Å². The monoisotopic (exact) mass is 161 g/mol. The zero-order chi connectivity index (χ0) is 7.78. The van der Waals surface area contributed by atoms with E-state index in [1.807, 2.05) is 0 Å². The summed E-state index contributed by atoms with van der Waals surface area (Å²) in [5.41, 5.74) is 0. The van der Waals surface area contributed by atoms with Gasteiger partial charge in [-0.25, -0.2) is 0 Å². The molecule has 1 atom stereocenters. The molecule has 62 valence electrons. The SMILES string of the molecule is CC1CCN(S(C)(C)C)C1. The van der Waals surface area contributed by atoms with Gasteiger partial charge in [-0.05, 0) is 31.1 Å². The van der Waals surface area contributed by atoms with E-state index >= 15 is 0 Å². The van der Waals surface area contributed by atoms with Crippen molar-refractivity contribution in [2.75, 3.05) is 31.9 Å². The second kappa shape index (κ2) is 2.74. The van der Waals surface area contributed by atoms with Crippen LogP contribution in [-0.2, 0) is 0 Å². The first-order valence-corrected chi connectivity index (χ1v) is 6.75. The van der Waals surface area contributed by atoms with Crippen LogP contribution in [0.4, 0.5) is 0 Å². The topological polar surface area (TPSA) is 3.24 Å². The first kappa shape index (κ1) is 8.41. The van der Waals surface area contributed by atoms with Gasteiger partial charge in [0.15, 0.2) is 0 Å². The summed E-state index contributed by atoms with van der Waals surface area (Å²) in [5, 5.41) is 0. The third-order valence-electron chi connectivity index (χ3n) is 2.16. The molecular formula is C8H19NS. The van der Waals surface area contributed by atoms with Gasteiger partial charge in [0.05, 0.1) is 0 Å². The fourth-order valence-electron chi connectivity index (χ4n) is 1.39. The summed E-state index contributed by atoms with van der Waals surface area (Å²) in [6, 6.07) is 0. The molecule has 1 nitrogen and oxygen atoms in total. The number of hydrogen-bond donors (Lipinski definition) is 0. The van der Waals surface area contributed by atoms with Gasteiger partial charge in [-0.2, -0.15) is 10.2 Å². The molecule has 0 radical (unpaired) electrons. The van der Waals surface area contributed by atoms with Gasteiger partial charge < -0.3 is 0 Å². The lowest BCUT2D eigenvalue weighted by Crippen LogP contribution is -2.22. The van der Waals surface area contributed by atoms with E-state index in [9.17, 15) is 0 Å². The zero-order valence-corrected chi connectivity index (χ0v) is 8.37. The minimum atomic E-state index is -0.402. The Hall–Kier alpha value is 0.310. The summed E-state index contributed by atoms with van der Waals surface area (Å²) in [5.74, 6) is 0.937. The van der Waals surface area contributed by atoms with Crippen molar-refractivity contribution >= 4 is 10.2 Å². The highest BCUT2D eigenvalue weighted by atomic mass is 32.3. The normalized spacial score (nSPS) is 31.0. The Morgan fingerprint density at radius 3 is 2.10 bits per heavy atom. The molecule has 0 amide bonds. The van der Waals surface area contributed by atoms with Crippen molar-refractivity contribution in [1.82, 2.24) is 4.31 Å². The molecule has 1 heterocycles. The third kappa shape index (κ3) is 1.89. The van der Waals surface area contributed by atoms with Crippen molar-refractivity contribution < 1.29 is 0 Å². The average Bonchev–Trinajstić information content (AvgIpc) is 2.11. The molecule has 1 fully saturated rings. The third-order valence-corrected chi connectivity index (χ3v) is 4.04. The predicted octanol–water partition coefficient (Wildman–Crippen LogP) is 1.94. The molecule has 0 bridgehead atoms. The maximum absolute atomic E-state index is 2.65. The van der Waals surface area contributed by atoms with Gasteiger partial charge in [-0.1, -0.05) is 6.92 Å². The summed E-state index contributed by atoms with van der Waals surface area (Å²) >= 11 is 0. The Balaban J connectivity index is 2.45. The maximum Gasteiger partial charge on any atom is 0.01000 e. The van der Waals surface area contributed by atoms with Crippen molar-refractivity contribution in [1.29, 1.82) is 0 Å². The van der Waals surface area contributed by atoms with Gasteiger partial charge >= 0.3 is 0 Å². The van der Waals surface area contributed by atoms with Crippen molar-refractivity contribution in [2.45, 2.75) is 13.3 Å². The molecular weight excluding hydrogens is 142 g/mol.